The monoisotopic (exact) mass is 328 g/mol. The van der Waals surface area contributed by atoms with Gasteiger partial charge in [-0.3, -0.25) is 0 Å². The predicted molar refractivity (Wildman–Crippen MR) is 89.9 cm³/mol. The zero-order chi connectivity index (χ0) is 13.9. The minimum Gasteiger partial charge on any atom is -0.0921 e. The van der Waals surface area contributed by atoms with E-state index in [1.807, 2.05) is 0 Å². The second kappa shape index (κ2) is 6.13. The Morgan fingerprint density at radius 3 is 2.50 bits per heavy atom. The first kappa shape index (κ1) is 13.9. The van der Waals surface area contributed by atoms with Crippen molar-refractivity contribution in [1.29, 1.82) is 0 Å². The highest BCUT2D eigenvalue weighted by Gasteiger charge is 2.14. The molecule has 3 rings (SSSR count). The number of fused-ring (bicyclic) bond motifs is 1. The van der Waals surface area contributed by atoms with Crippen molar-refractivity contribution in [3.05, 3.63) is 70.3 Å². The highest BCUT2D eigenvalue weighted by atomic mass is 79.9. The fraction of sp³-hybridized carbons (Fsp3) is 0.368. The normalized spacial score (nSPS) is 15.1. The first-order valence-electron chi connectivity index (χ1n) is 7.49. The summed E-state index contributed by atoms with van der Waals surface area (Å²) >= 11 is 3.69. The van der Waals surface area contributed by atoms with Gasteiger partial charge in [0.05, 0.1) is 0 Å². The Hall–Kier alpha value is -1.08. The van der Waals surface area contributed by atoms with Crippen molar-refractivity contribution in [2.24, 2.45) is 0 Å². The van der Waals surface area contributed by atoms with Crippen LogP contribution in [0.15, 0.2) is 42.5 Å². The van der Waals surface area contributed by atoms with Crippen molar-refractivity contribution >= 4 is 15.9 Å². The third kappa shape index (κ3) is 2.98. The van der Waals surface area contributed by atoms with Gasteiger partial charge in [-0.05, 0) is 60.8 Å². The van der Waals surface area contributed by atoms with Gasteiger partial charge in [-0.15, -0.1) is 0 Å². The van der Waals surface area contributed by atoms with Crippen molar-refractivity contribution in [3.8, 4) is 0 Å². The largest absolute Gasteiger partial charge is 0.0921 e. The molecule has 2 aromatic rings. The van der Waals surface area contributed by atoms with E-state index in [0.717, 1.165) is 11.8 Å². The van der Waals surface area contributed by atoms with Crippen molar-refractivity contribution < 1.29 is 0 Å². The van der Waals surface area contributed by atoms with Gasteiger partial charge in [-0.2, -0.15) is 0 Å². The first-order valence-corrected chi connectivity index (χ1v) is 8.61. The van der Waals surface area contributed by atoms with Crippen LogP contribution in [0.5, 0.6) is 0 Å². The maximum atomic E-state index is 3.69. The molecule has 0 saturated heterocycles. The lowest BCUT2D eigenvalue weighted by Crippen LogP contribution is -2.05. The summed E-state index contributed by atoms with van der Waals surface area (Å²) in [6, 6.07) is 16.1. The lowest BCUT2D eigenvalue weighted by molar-refractivity contribution is 0.774. The number of benzene rings is 2. The average Bonchev–Trinajstić information content (AvgIpc) is 2.93. The Morgan fingerprint density at radius 1 is 1.00 bits per heavy atom. The van der Waals surface area contributed by atoms with Crippen LogP contribution in [0.3, 0.4) is 0 Å². The van der Waals surface area contributed by atoms with Crippen LogP contribution in [-0.2, 0) is 19.3 Å². The summed E-state index contributed by atoms with van der Waals surface area (Å²) in [5.74, 6) is 0.565. The second-order valence-corrected chi connectivity index (χ2v) is 6.57. The number of hydrogen-bond donors (Lipinski definition) is 0. The fourth-order valence-electron chi connectivity index (χ4n) is 3.14. The molecule has 1 aliphatic rings. The molecule has 1 aliphatic carbocycles. The van der Waals surface area contributed by atoms with Crippen molar-refractivity contribution in [1.82, 2.24) is 0 Å². The highest BCUT2D eigenvalue weighted by molar-refractivity contribution is 9.09. The van der Waals surface area contributed by atoms with Crippen LogP contribution in [0.2, 0.25) is 0 Å². The molecule has 0 radical (unpaired) electrons. The van der Waals surface area contributed by atoms with Crippen LogP contribution >= 0.6 is 15.9 Å². The van der Waals surface area contributed by atoms with Gasteiger partial charge in [0, 0.05) is 5.33 Å². The molecule has 0 saturated carbocycles. The zero-order valence-corrected chi connectivity index (χ0v) is 13.6. The topological polar surface area (TPSA) is 0 Å². The zero-order valence-electron chi connectivity index (χ0n) is 12.0. The van der Waals surface area contributed by atoms with E-state index < -0.39 is 0 Å². The molecule has 1 heteroatoms. The molecule has 0 fully saturated rings. The van der Waals surface area contributed by atoms with E-state index >= 15 is 0 Å². The third-order valence-corrected chi connectivity index (χ3v) is 5.16. The van der Waals surface area contributed by atoms with E-state index in [2.05, 4.69) is 65.3 Å². The molecular formula is C19H21Br. The van der Waals surface area contributed by atoms with Gasteiger partial charge in [0.25, 0.3) is 0 Å². The van der Waals surface area contributed by atoms with Gasteiger partial charge < -0.3 is 0 Å². The summed E-state index contributed by atoms with van der Waals surface area (Å²) in [6.45, 7) is 2.15. The molecule has 20 heavy (non-hydrogen) atoms. The van der Waals surface area contributed by atoms with Crippen molar-refractivity contribution in [2.75, 3.05) is 5.33 Å². The molecule has 1 unspecified atom stereocenters. The van der Waals surface area contributed by atoms with E-state index in [0.29, 0.717) is 5.92 Å². The molecule has 0 heterocycles. The standard InChI is InChI=1S/C19H21Br/c1-14-5-8-17(9-6-14)19(13-20)12-15-7-10-16-3-2-4-18(16)11-15/h5-11,19H,2-4,12-13H2,1H3. The number of rotatable bonds is 4. The molecule has 1 atom stereocenters. The summed E-state index contributed by atoms with van der Waals surface area (Å²) in [7, 11) is 0. The first-order chi connectivity index (χ1) is 9.76. The fourth-order valence-corrected chi connectivity index (χ4v) is 3.74. The van der Waals surface area contributed by atoms with E-state index in [1.165, 1.54) is 36.0 Å². The van der Waals surface area contributed by atoms with Gasteiger partial charge in [-0.25, -0.2) is 0 Å². The Labute approximate surface area is 130 Å². The lowest BCUT2D eigenvalue weighted by Gasteiger charge is -2.16. The molecule has 104 valence electrons. The lowest BCUT2D eigenvalue weighted by atomic mass is 9.92. The number of hydrogen-bond acceptors (Lipinski definition) is 0. The Balaban J connectivity index is 1.79. The number of alkyl halides is 1. The molecule has 0 bridgehead atoms. The Morgan fingerprint density at radius 2 is 1.75 bits per heavy atom. The van der Waals surface area contributed by atoms with Gasteiger partial charge in [0.1, 0.15) is 0 Å². The SMILES string of the molecule is Cc1ccc(C(CBr)Cc2ccc3c(c2)CCC3)cc1. The van der Waals surface area contributed by atoms with Crippen molar-refractivity contribution in [3.63, 3.8) is 0 Å². The van der Waals surface area contributed by atoms with E-state index in [9.17, 15) is 0 Å². The van der Waals surface area contributed by atoms with Crippen LogP contribution in [0, 0.1) is 6.92 Å². The molecule has 0 spiro atoms. The molecule has 0 N–H and O–H groups in total. The Bertz CT molecular complexity index is 583. The van der Waals surface area contributed by atoms with Gasteiger partial charge in [-0.1, -0.05) is 64.0 Å². The Kier molecular flexibility index (Phi) is 4.26. The van der Waals surface area contributed by atoms with Crippen LogP contribution in [0.25, 0.3) is 0 Å². The van der Waals surface area contributed by atoms with Gasteiger partial charge in [0.2, 0.25) is 0 Å². The van der Waals surface area contributed by atoms with Gasteiger partial charge in [0.15, 0.2) is 0 Å². The van der Waals surface area contributed by atoms with Crippen molar-refractivity contribution in [2.45, 2.75) is 38.5 Å². The van der Waals surface area contributed by atoms with Gasteiger partial charge >= 0.3 is 0 Å². The summed E-state index contributed by atoms with van der Waals surface area (Å²) in [6.07, 6.45) is 5.00. The molecule has 0 aromatic heterocycles. The highest BCUT2D eigenvalue weighted by Crippen LogP contribution is 2.27. The maximum Gasteiger partial charge on any atom is 0.0103 e. The summed E-state index contributed by atoms with van der Waals surface area (Å²) in [4.78, 5) is 0. The van der Waals surface area contributed by atoms with Crippen LogP contribution in [-0.4, -0.2) is 5.33 Å². The van der Waals surface area contributed by atoms with Crippen LogP contribution in [0.1, 0.15) is 40.2 Å². The smallest absolute Gasteiger partial charge is 0.0103 e. The summed E-state index contributed by atoms with van der Waals surface area (Å²) in [5, 5.41) is 1.02. The minimum absolute atomic E-state index is 0.565. The molecule has 0 aliphatic heterocycles. The molecule has 0 amide bonds. The van der Waals surface area contributed by atoms with E-state index in [-0.39, 0.29) is 0 Å². The minimum atomic E-state index is 0.565. The third-order valence-electron chi connectivity index (χ3n) is 4.38. The predicted octanol–water partition coefficient (Wildman–Crippen LogP) is 5.20. The van der Waals surface area contributed by atoms with Crippen LogP contribution < -0.4 is 0 Å². The number of aryl methyl sites for hydroxylation is 3. The molecule has 2 aromatic carbocycles. The molecule has 0 nitrogen and oxygen atoms in total. The maximum absolute atomic E-state index is 3.69. The summed E-state index contributed by atoms with van der Waals surface area (Å²) in [5.41, 5.74) is 7.41. The second-order valence-electron chi connectivity index (χ2n) is 5.92. The van der Waals surface area contributed by atoms with E-state index in [4.69, 9.17) is 0 Å². The van der Waals surface area contributed by atoms with Crippen LogP contribution in [0.4, 0.5) is 0 Å². The summed E-state index contributed by atoms with van der Waals surface area (Å²) < 4.78 is 0. The van der Waals surface area contributed by atoms with E-state index in [1.54, 1.807) is 11.1 Å². The molecular weight excluding hydrogens is 308 g/mol. The average molecular weight is 329 g/mol. The quantitative estimate of drug-likeness (QED) is 0.676. The number of halogens is 1.